The number of pyridine rings is 2. The van der Waals surface area contributed by atoms with Gasteiger partial charge in [-0.2, -0.15) is 0 Å². The number of imidazole rings is 1. The van der Waals surface area contributed by atoms with E-state index in [9.17, 15) is 0 Å². The highest BCUT2D eigenvalue weighted by atomic mass is 15.6. The van der Waals surface area contributed by atoms with Crippen molar-refractivity contribution in [1.29, 1.82) is 0 Å². The topological polar surface area (TPSA) is 84.9 Å². The zero-order chi connectivity index (χ0) is 20.8. The van der Waals surface area contributed by atoms with Gasteiger partial charge in [0.05, 0.1) is 11.3 Å². The number of piperidine rings is 1. The molecular formula is C24H25N7. The Kier molecular flexibility index (Phi) is 4.17. The van der Waals surface area contributed by atoms with Gasteiger partial charge in [-0.1, -0.05) is 30.3 Å². The SMILES string of the molecule is Nc1ncccc1-c1nc2ccc(-c3ccccc3)nc2n1N1CCC2(CC1)CNC2. The van der Waals surface area contributed by atoms with Gasteiger partial charge in [0.2, 0.25) is 0 Å². The number of hydrogen-bond donors (Lipinski definition) is 2. The highest BCUT2D eigenvalue weighted by Crippen LogP contribution is 2.36. The van der Waals surface area contributed by atoms with Gasteiger partial charge in [0.1, 0.15) is 11.3 Å². The Labute approximate surface area is 180 Å². The summed E-state index contributed by atoms with van der Waals surface area (Å²) in [6.07, 6.45) is 4.05. The zero-order valence-electron chi connectivity index (χ0n) is 17.3. The average Bonchev–Trinajstić information content (AvgIpc) is 3.17. The summed E-state index contributed by atoms with van der Waals surface area (Å²) in [6, 6.07) is 18.3. The number of nitrogens with two attached hydrogens (primary N) is 1. The van der Waals surface area contributed by atoms with Crippen LogP contribution in [0.25, 0.3) is 33.8 Å². The molecule has 1 aromatic carbocycles. The molecule has 156 valence electrons. The molecule has 0 saturated carbocycles. The van der Waals surface area contributed by atoms with E-state index >= 15 is 0 Å². The number of aromatic nitrogens is 4. The van der Waals surface area contributed by atoms with E-state index in [0.717, 1.165) is 60.0 Å². The first-order chi connectivity index (χ1) is 15.2. The molecule has 2 aliphatic heterocycles. The second-order valence-corrected chi connectivity index (χ2v) is 8.65. The summed E-state index contributed by atoms with van der Waals surface area (Å²) in [5.74, 6) is 1.29. The van der Waals surface area contributed by atoms with Crippen molar-refractivity contribution < 1.29 is 0 Å². The number of nitrogen functional groups attached to an aromatic ring is 1. The third-order valence-electron chi connectivity index (χ3n) is 6.71. The monoisotopic (exact) mass is 411 g/mol. The third kappa shape index (κ3) is 3.04. The van der Waals surface area contributed by atoms with Gasteiger partial charge >= 0.3 is 0 Å². The third-order valence-corrected chi connectivity index (χ3v) is 6.71. The Hall–Kier alpha value is -3.45. The lowest BCUT2D eigenvalue weighted by Gasteiger charge is -2.49. The summed E-state index contributed by atoms with van der Waals surface area (Å²) in [4.78, 5) is 14.3. The summed E-state index contributed by atoms with van der Waals surface area (Å²) < 4.78 is 2.17. The fraction of sp³-hybridized carbons (Fsp3) is 0.292. The molecule has 0 bridgehead atoms. The minimum absolute atomic E-state index is 0.461. The predicted octanol–water partition coefficient (Wildman–Crippen LogP) is 3.06. The average molecular weight is 412 g/mol. The number of anilines is 1. The Bertz CT molecular complexity index is 1230. The minimum atomic E-state index is 0.461. The molecular weight excluding hydrogens is 386 g/mol. The number of benzene rings is 1. The quantitative estimate of drug-likeness (QED) is 0.539. The highest BCUT2D eigenvalue weighted by molar-refractivity contribution is 5.82. The maximum absolute atomic E-state index is 6.26. The number of nitrogens with zero attached hydrogens (tertiary/aromatic N) is 5. The Morgan fingerprint density at radius 1 is 0.903 bits per heavy atom. The van der Waals surface area contributed by atoms with E-state index in [-0.39, 0.29) is 0 Å². The van der Waals surface area contributed by atoms with Crippen molar-refractivity contribution in [3.63, 3.8) is 0 Å². The van der Waals surface area contributed by atoms with Crippen molar-refractivity contribution in [2.24, 2.45) is 5.41 Å². The first-order valence-electron chi connectivity index (χ1n) is 10.8. The van der Waals surface area contributed by atoms with Crippen molar-refractivity contribution >= 4 is 17.0 Å². The Balaban J connectivity index is 1.50. The van der Waals surface area contributed by atoms with E-state index < -0.39 is 0 Å². The number of hydrogen-bond acceptors (Lipinski definition) is 6. The molecule has 0 atom stereocenters. The second-order valence-electron chi connectivity index (χ2n) is 8.65. The first kappa shape index (κ1) is 18.3. The summed E-state index contributed by atoms with van der Waals surface area (Å²) in [7, 11) is 0. The van der Waals surface area contributed by atoms with Crippen LogP contribution in [0.4, 0.5) is 5.82 Å². The van der Waals surface area contributed by atoms with Crippen molar-refractivity contribution in [2.75, 3.05) is 36.9 Å². The minimum Gasteiger partial charge on any atom is -0.383 e. The molecule has 2 fully saturated rings. The van der Waals surface area contributed by atoms with Crippen LogP contribution in [-0.4, -0.2) is 45.8 Å². The molecule has 3 N–H and O–H groups in total. The lowest BCUT2D eigenvalue weighted by molar-refractivity contribution is 0.118. The molecule has 2 saturated heterocycles. The number of fused-ring (bicyclic) bond motifs is 1. The molecule has 0 unspecified atom stereocenters. The molecule has 0 radical (unpaired) electrons. The van der Waals surface area contributed by atoms with Crippen LogP contribution >= 0.6 is 0 Å². The van der Waals surface area contributed by atoms with E-state index in [1.165, 1.54) is 12.8 Å². The first-order valence-corrected chi connectivity index (χ1v) is 10.8. The van der Waals surface area contributed by atoms with Gasteiger partial charge in [-0.05, 0) is 42.5 Å². The second kappa shape index (κ2) is 7.06. The standard InChI is InChI=1S/C24H25N7/c25-21-18(7-4-12-27-21)22-29-20-9-8-19(17-5-2-1-3-6-17)28-23(20)31(22)30-13-10-24(11-14-30)15-26-16-24/h1-9,12,26H,10-11,13-16H2,(H2,25,27). The number of rotatable bonds is 3. The summed E-state index contributed by atoms with van der Waals surface area (Å²) >= 11 is 0. The lowest BCUT2D eigenvalue weighted by atomic mass is 9.74. The molecule has 7 nitrogen and oxygen atoms in total. The lowest BCUT2D eigenvalue weighted by Crippen LogP contribution is -2.59. The van der Waals surface area contributed by atoms with Crippen LogP contribution < -0.4 is 16.1 Å². The molecule has 3 aromatic heterocycles. The highest BCUT2D eigenvalue weighted by Gasteiger charge is 2.40. The normalized spacial score (nSPS) is 17.7. The molecule has 5 heterocycles. The van der Waals surface area contributed by atoms with Crippen molar-refractivity contribution in [1.82, 2.24) is 24.9 Å². The van der Waals surface area contributed by atoms with Crippen LogP contribution in [0.5, 0.6) is 0 Å². The van der Waals surface area contributed by atoms with Gasteiger partial charge in [-0.3, -0.25) is 0 Å². The fourth-order valence-electron chi connectivity index (χ4n) is 4.77. The van der Waals surface area contributed by atoms with Gasteiger partial charge < -0.3 is 16.1 Å². The maximum atomic E-state index is 6.26. The van der Waals surface area contributed by atoms with Gasteiger partial charge in [-0.15, -0.1) is 0 Å². The van der Waals surface area contributed by atoms with E-state index in [1.807, 2.05) is 36.4 Å². The van der Waals surface area contributed by atoms with E-state index in [4.69, 9.17) is 15.7 Å². The molecule has 0 amide bonds. The van der Waals surface area contributed by atoms with Crippen LogP contribution in [0.1, 0.15) is 12.8 Å². The van der Waals surface area contributed by atoms with E-state index in [1.54, 1.807) is 6.20 Å². The zero-order valence-corrected chi connectivity index (χ0v) is 17.3. The van der Waals surface area contributed by atoms with Crippen LogP contribution in [0, 0.1) is 5.41 Å². The van der Waals surface area contributed by atoms with Crippen LogP contribution in [0.15, 0.2) is 60.8 Å². The van der Waals surface area contributed by atoms with Gasteiger partial charge in [0.25, 0.3) is 0 Å². The van der Waals surface area contributed by atoms with Crippen molar-refractivity contribution in [2.45, 2.75) is 12.8 Å². The predicted molar refractivity (Wildman–Crippen MR) is 123 cm³/mol. The van der Waals surface area contributed by atoms with Gasteiger partial charge in [-0.25, -0.2) is 19.6 Å². The number of nitrogens with one attached hydrogen (secondary N) is 1. The summed E-state index contributed by atoms with van der Waals surface area (Å²) in [5, 5.41) is 5.82. The molecule has 31 heavy (non-hydrogen) atoms. The molecule has 6 rings (SSSR count). The summed E-state index contributed by atoms with van der Waals surface area (Å²) in [6.45, 7) is 4.20. The van der Waals surface area contributed by atoms with Crippen LogP contribution in [-0.2, 0) is 0 Å². The molecule has 7 heteroatoms. The molecule has 0 aliphatic carbocycles. The van der Waals surface area contributed by atoms with E-state index in [0.29, 0.717) is 11.2 Å². The summed E-state index contributed by atoms with van der Waals surface area (Å²) in [5.41, 5.74) is 11.3. The molecule has 1 spiro atoms. The van der Waals surface area contributed by atoms with Crippen molar-refractivity contribution in [3.8, 4) is 22.6 Å². The molecule has 2 aliphatic rings. The Morgan fingerprint density at radius 2 is 1.71 bits per heavy atom. The van der Waals surface area contributed by atoms with E-state index in [2.05, 4.69) is 38.2 Å². The largest absolute Gasteiger partial charge is 0.383 e. The van der Waals surface area contributed by atoms with Gasteiger partial charge in [0, 0.05) is 37.9 Å². The van der Waals surface area contributed by atoms with Gasteiger partial charge in [0.15, 0.2) is 11.5 Å². The molecule has 4 aromatic rings. The Morgan fingerprint density at radius 3 is 2.42 bits per heavy atom. The fourth-order valence-corrected chi connectivity index (χ4v) is 4.77. The van der Waals surface area contributed by atoms with Crippen LogP contribution in [0.3, 0.4) is 0 Å². The maximum Gasteiger partial charge on any atom is 0.180 e. The smallest absolute Gasteiger partial charge is 0.180 e. The van der Waals surface area contributed by atoms with Crippen molar-refractivity contribution in [3.05, 3.63) is 60.8 Å². The van der Waals surface area contributed by atoms with Crippen LogP contribution in [0.2, 0.25) is 0 Å².